The highest BCUT2D eigenvalue weighted by atomic mass is 16.6. The number of nitrogens with zero attached hydrogens (tertiary/aromatic N) is 3. The number of anilines is 1. The maximum Gasteiger partial charge on any atom is 0.278 e. The van der Waals surface area contributed by atoms with Crippen molar-refractivity contribution in [3.63, 3.8) is 0 Å². The van der Waals surface area contributed by atoms with Crippen LogP contribution in [-0.4, -0.2) is 21.4 Å². The summed E-state index contributed by atoms with van der Waals surface area (Å²) in [6, 6.07) is 11.6. The van der Waals surface area contributed by atoms with Gasteiger partial charge in [-0.05, 0) is 37.0 Å². The number of benzene rings is 2. The van der Waals surface area contributed by atoms with Crippen LogP contribution in [0.3, 0.4) is 0 Å². The Balaban J connectivity index is 1.56. The van der Waals surface area contributed by atoms with Crippen molar-refractivity contribution in [2.45, 2.75) is 19.3 Å². The predicted molar refractivity (Wildman–Crippen MR) is 103 cm³/mol. The number of pyridine rings is 1. The summed E-state index contributed by atoms with van der Waals surface area (Å²) in [6.07, 6.45) is 5.79. The van der Waals surface area contributed by atoms with Crippen molar-refractivity contribution < 1.29 is 9.85 Å². The molecule has 1 N–H and O–H groups in total. The van der Waals surface area contributed by atoms with Crippen molar-refractivity contribution in [3.8, 4) is 0 Å². The molecule has 1 aromatic heterocycles. The van der Waals surface area contributed by atoms with E-state index in [1.165, 1.54) is 24.4 Å². The van der Waals surface area contributed by atoms with Crippen LogP contribution in [0.2, 0.25) is 0 Å². The lowest BCUT2D eigenvalue weighted by Gasteiger charge is -2.10. The highest BCUT2D eigenvalue weighted by molar-refractivity contribution is 5.99. The molecule has 0 fully saturated rings. The van der Waals surface area contributed by atoms with Gasteiger partial charge in [0.1, 0.15) is 0 Å². The Kier molecular flexibility index (Phi) is 5.55. The predicted octanol–water partition coefficient (Wildman–Crippen LogP) is 4.49. The van der Waals surface area contributed by atoms with Crippen molar-refractivity contribution in [3.05, 3.63) is 80.7 Å². The van der Waals surface area contributed by atoms with E-state index in [0.29, 0.717) is 5.39 Å². The zero-order valence-electron chi connectivity index (χ0n) is 14.5. The van der Waals surface area contributed by atoms with Crippen LogP contribution in [0.25, 0.3) is 10.8 Å². The average molecular weight is 366 g/mol. The van der Waals surface area contributed by atoms with Crippen molar-refractivity contribution in [1.82, 2.24) is 4.98 Å². The Morgan fingerprint density at radius 3 is 2.37 bits per heavy atom. The van der Waals surface area contributed by atoms with Crippen LogP contribution in [0.15, 0.2) is 54.9 Å². The first kappa shape index (κ1) is 18.2. The van der Waals surface area contributed by atoms with Gasteiger partial charge < -0.3 is 5.32 Å². The molecule has 0 radical (unpaired) electrons. The number of rotatable bonds is 8. The molecule has 0 saturated carbocycles. The van der Waals surface area contributed by atoms with Crippen molar-refractivity contribution >= 4 is 27.8 Å². The van der Waals surface area contributed by atoms with Crippen molar-refractivity contribution in [1.29, 1.82) is 0 Å². The smallest absolute Gasteiger partial charge is 0.278 e. The summed E-state index contributed by atoms with van der Waals surface area (Å²) in [4.78, 5) is 25.0. The van der Waals surface area contributed by atoms with Crippen LogP contribution >= 0.6 is 0 Å². The largest absolute Gasteiger partial charge is 0.385 e. The zero-order chi connectivity index (χ0) is 19.2. The van der Waals surface area contributed by atoms with Gasteiger partial charge in [-0.15, -0.1) is 0 Å². The number of nitro groups is 2. The third kappa shape index (κ3) is 4.35. The SMILES string of the molecule is O=[N+]([O-])c1ccc(CCCCNc2ccc([N+](=O)[O-])c3cnccc23)cc1. The molecule has 8 heteroatoms. The second kappa shape index (κ2) is 8.22. The summed E-state index contributed by atoms with van der Waals surface area (Å²) in [5, 5.41) is 26.4. The molecule has 1 heterocycles. The molecular formula is C19H18N4O4. The lowest BCUT2D eigenvalue weighted by molar-refractivity contribution is -0.384. The number of unbranched alkanes of at least 4 members (excludes halogenated alkanes) is 1. The van der Waals surface area contributed by atoms with Gasteiger partial charge in [-0.2, -0.15) is 0 Å². The Morgan fingerprint density at radius 1 is 0.889 bits per heavy atom. The minimum Gasteiger partial charge on any atom is -0.385 e. The van der Waals surface area contributed by atoms with E-state index in [1.807, 2.05) is 0 Å². The van der Waals surface area contributed by atoms with Crippen LogP contribution in [0, 0.1) is 20.2 Å². The third-order valence-electron chi connectivity index (χ3n) is 4.35. The summed E-state index contributed by atoms with van der Waals surface area (Å²) in [7, 11) is 0. The normalized spacial score (nSPS) is 10.7. The quantitative estimate of drug-likeness (QED) is 0.357. The molecule has 0 amide bonds. The molecule has 8 nitrogen and oxygen atoms in total. The molecule has 27 heavy (non-hydrogen) atoms. The van der Waals surface area contributed by atoms with Gasteiger partial charge in [-0.25, -0.2) is 0 Å². The summed E-state index contributed by atoms with van der Waals surface area (Å²) >= 11 is 0. The first-order chi connectivity index (χ1) is 13.1. The van der Waals surface area contributed by atoms with Crippen LogP contribution in [0.4, 0.5) is 17.1 Å². The van der Waals surface area contributed by atoms with E-state index < -0.39 is 9.85 Å². The summed E-state index contributed by atoms with van der Waals surface area (Å²) < 4.78 is 0. The summed E-state index contributed by atoms with van der Waals surface area (Å²) in [6.45, 7) is 0.724. The van der Waals surface area contributed by atoms with E-state index in [9.17, 15) is 20.2 Å². The number of nitrogens with one attached hydrogen (secondary N) is 1. The molecular weight excluding hydrogens is 348 g/mol. The topological polar surface area (TPSA) is 111 Å². The minimum atomic E-state index is -0.405. The van der Waals surface area contributed by atoms with E-state index in [1.54, 1.807) is 30.5 Å². The molecule has 0 aliphatic heterocycles. The molecule has 138 valence electrons. The number of fused-ring (bicyclic) bond motifs is 1. The van der Waals surface area contributed by atoms with E-state index in [4.69, 9.17) is 0 Å². The first-order valence-corrected chi connectivity index (χ1v) is 8.54. The second-order valence-electron chi connectivity index (χ2n) is 6.12. The van der Waals surface area contributed by atoms with Crippen LogP contribution in [0.1, 0.15) is 18.4 Å². The van der Waals surface area contributed by atoms with E-state index in [-0.39, 0.29) is 11.4 Å². The van der Waals surface area contributed by atoms with Crippen molar-refractivity contribution in [2.75, 3.05) is 11.9 Å². The molecule has 0 spiro atoms. The third-order valence-corrected chi connectivity index (χ3v) is 4.35. The fourth-order valence-corrected chi connectivity index (χ4v) is 2.95. The van der Waals surface area contributed by atoms with Gasteiger partial charge in [0.15, 0.2) is 0 Å². The molecule has 0 aliphatic rings. The average Bonchev–Trinajstić information content (AvgIpc) is 2.67. The van der Waals surface area contributed by atoms with E-state index in [0.717, 1.165) is 42.4 Å². The van der Waals surface area contributed by atoms with Gasteiger partial charge in [0.2, 0.25) is 0 Å². The van der Waals surface area contributed by atoms with Gasteiger partial charge in [-0.3, -0.25) is 25.2 Å². The second-order valence-corrected chi connectivity index (χ2v) is 6.12. The molecule has 3 aromatic rings. The standard InChI is InChI=1S/C19H18N4O4/c24-22(25)15-6-4-14(5-7-15)3-1-2-11-21-18-8-9-19(23(26)27)17-13-20-12-10-16(17)18/h4-10,12-13,21H,1-3,11H2. The molecule has 0 atom stereocenters. The lowest BCUT2D eigenvalue weighted by Crippen LogP contribution is -2.03. The maximum atomic E-state index is 11.1. The number of hydrogen-bond acceptors (Lipinski definition) is 6. The zero-order valence-corrected chi connectivity index (χ0v) is 14.5. The lowest BCUT2D eigenvalue weighted by atomic mass is 10.1. The summed E-state index contributed by atoms with van der Waals surface area (Å²) in [5.41, 5.74) is 2.04. The number of nitro benzene ring substituents is 2. The number of aryl methyl sites for hydroxylation is 1. The number of non-ortho nitro benzene ring substituents is 2. The molecule has 0 bridgehead atoms. The Labute approximate surface area is 155 Å². The molecule has 0 unspecified atom stereocenters. The number of aromatic nitrogens is 1. The van der Waals surface area contributed by atoms with Gasteiger partial charge in [0, 0.05) is 48.2 Å². The van der Waals surface area contributed by atoms with E-state index >= 15 is 0 Å². The van der Waals surface area contributed by atoms with Crippen LogP contribution in [0.5, 0.6) is 0 Å². The highest BCUT2D eigenvalue weighted by Crippen LogP contribution is 2.30. The molecule has 0 saturated heterocycles. The van der Waals surface area contributed by atoms with Crippen molar-refractivity contribution in [2.24, 2.45) is 0 Å². The molecule has 2 aromatic carbocycles. The maximum absolute atomic E-state index is 11.1. The van der Waals surface area contributed by atoms with Crippen LogP contribution < -0.4 is 5.32 Å². The Bertz CT molecular complexity index is 973. The monoisotopic (exact) mass is 366 g/mol. The van der Waals surface area contributed by atoms with Crippen LogP contribution in [-0.2, 0) is 6.42 Å². The van der Waals surface area contributed by atoms with Gasteiger partial charge in [0.25, 0.3) is 11.4 Å². The molecule has 0 aliphatic carbocycles. The number of hydrogen-bond donors (Lipinski definition) is 1. The fourth-order valence-electron chi connectivity index (χ4n) is 2.95. The minimum absolute atomic E-state index is 0.0434. The van der Waals surface area contributed by atoms with Gasteiger partial charge in [-0.1, -0.05) is 12.1 Å². The van der Waals surface area contributed by atoms with Gasteiger partial charge >= 0.3 is 0 Å². The Morgan fingerprint density at radius 2 is 1.67 bits per heavy atom. The van der Waals surface area contributed by atoms with E-state index in [2.05, 4.69) is 10.3 Å². The highest BCUT2D eigenvalue weighted by Gasteiger charge is 2.14. The van der Waals surface area contributed by atoms with Gasteiger partial charge in [0.05, 0.1) is 15.2 Å². The molecule has 3 rings (SSSR count). The fraction of sp³-hybridized carbons (Fsp3) is 0.211. The Hall–Kier alpha value is -3.55. The first-order valence-electron chi connectivity index (χ1n) is 8.54. The summed E-state index contributed by atoms with van der Waals surface area (Å²) in [5.74, 6) is 0.